The zero-order chi connectivity index (χ0) is 12.2. The van der Waals surface area contributed by atoms with Crippen molar-refractivity contribution < 1.29 is 8.42 Å². The molecule has 82 valence electrons. The van der Waals surface area contributed by atoms with E-state index in [4.69, 9.17) is 10.5 Å². The highest BCUT2D eigenvalue weighted by molar-refractivity contribution is 7.89. The van der Waals surface area contributed by atoms with Crippen molar-refractivity contribution in [1.29, 1.82) is 10.5 Å². The molecule has 0 radical (unpaired) electrons. The van der Waals surface area contributed by atoms with Crippen molar-refractivity contribution in [3.05, 3.63) is 29.8 Å². The SMILES string of the molecule is CN(CC#N)S(=O)(=O)c1ccc(C#N)cc1. The van der Waals surface area contributed by atoms with Crippen LogP contribution in [0.5, 0.6) is 0 Å². The third-order valence-electron chi connectivity index (χ3n) is 1.98. The monoisotopic (exact) mass is 235 g/mol. The highest BCUT2D eigenvalue weighted by Gasteiger charge is 2.19. The van der Waals surface area contributed by atoms with Crippen molar-refractivity contribution in [3.63, 3.8) is 0 Å². The second-order valence-electron chi connectivity index (χ2n) is 3.06. The lowest BCUT2D eigenvalue weighted by molar-refractivity contribution is 0.501. The maximum atomic E-state index is 11.8. The average Bonchev–Trinajstić information content (AvgIpc) is 2.29. The Morgan fingerprint density at radius 1 is 1.25 bits per heavy atom. The van der Waals surface area contributed by atoms with Crippen molar-refractivity contribution in [2.45, 2.75) is 4.90 Å². The van der Waals surface area contributed by atoms with E-state index in [1.54, 1.807) is 6.07 Å². The maximum Gasteiger partial charge on any atom is 0.243 e. The topological polar surface area (TPSA) is 85.0 Å². The van der Waals surface area contributed by atoms with E-state index in [9.17, 15) is 8.42 Å². The van der Waals surface area contributed by atoms with Crippen LogP contribution < -0.4 is 0 Å². The van der Waals surface area contributed by atoms with E-state index >= 15 is 0 Å². The number of nitrogens with zero attached hydrogens (tertiary/aromatic N) is 3. The van der Waals surface area contributed by atoms with E-state index in [0.717, 1.165) is 4.31 Å². The average molecular weight is 235 g/mol. The van der Waals surface area contributed by atoms with Gasteiger partial charge in [-0.15, -0.1) is 0 Å². The Morgan fingerprint density at radius 3 is 2.25 bits per heavy atom. The molecule has 0 amide bonds. The van der Waals surface area contributed by atoms with Crippen LogP contribution in [-0.2, 0) is 10.0 Å². The van der Waals surface area contributed by atoms with Crippen molar-refractivity contribution in [2.24, 2.45) is 0 Å². The molecule has 0 spiro atoms. The number of hydrogen-bond donors (Lipinski definition) is 0. The molecule has 1 aromatic carbocycles. The van der Waals surface area contributed by atoms with Crippen molar-refractivity contribution in [1.82, 2.24) is 4.31 Å². The van der Waals surface area contributed by atoms with Gasteiger partial charge in [-0.3, -0.25) is 0 Å². The highest BCUT2D eigenvalue weighted by atomic mass is 32.2. The number of hydrogen-bond acceptors (Lipinski definition) is 4. The van der Waals surface area contributed by atoms with E-state index in [-0.39, 0.29) is 11.4 Å². The van der Waals surface area contributed by atoms with Crippen molar-refractivity contribution in [2.75, 3.05) is 13.6 Å². The van der Waals surface area contributed by atoms with Gasteiger partial charge in [-0.2, -0.15) is 14.8 Å². The van der Waals surface area contributed by atoms with Gasteiger partial charge in [0.2, 0.25) is 10.0 Å². The van der Waals surface area contributed by atoms with Crippen LogP contribution in [0.25, 0.3) is 0 Å². The number of rotatable bonds is 3. The number of benzene rings is 1. The summed E-state index contributed by atoms with van der Waals surface area (Å²) in [6.07, 6.45) is 0. The second-order valence-corrected chi connectivity index (χ2v) is 5.10. The van der Waals surface area contributed by atoms with Gasteiger partial charge in [0, 0.05) is 7.05 Å². The summed E-state index contributed by atoms with van der Waals surface area (Å²) in [6, 6.07) is 9.20. The van der Waals surface area contributed by atoms with Gasteiger partial charge < -0.3 is 0 Å². The highest BCUT2D eigenvalue weighted by Crippen LogP contribution is 2.14. The molecule has 0 aliphatic rings. The van der Waals surface area contributed by atoms with Gasteiger partial charge in [-0.05, 0) is 24.3 Å². The fourth-order valence-electron chi connectivity index (χ4n) is 1.07. The largest absolute Gasteiger partial charge is 0.243 e. The Labute approximate surface area is 94.2 Å². The first kappa shape index (κ1) is 12.2. The second kappa shape index (κ2) is 4.75. The Hall–Kier alpha value is -1.89. The van der Waals surface area contributed by atoms with Crippen LogP contribution in [0.3, 0.4) is 0 Å². The summed E-state index contributed by atoms with van der Waals surface area (Å²) in [5.41, 5.74) is 0.391. The van der Waals surface area contributed by atoms with Crippen LogP contribution in [0.2, 0.25) is 0 Å². The molecule has 1 rings (SSSR count). The van der Waals surface area contributed by atoms with Crippen molar-refractivity contribution >= 4 is 10.0 Å². The van der Waals surface area contributed by atoms with Gasteiger partial charge >= 0.3 is 0 Å². The number of sulfonamides is 1. The fourth-order valence-corrected chi connectivity index (χ4v) is 2.13. The normalized spacial score (nSPS) is 10.8. The molecule has 0 aliphatic heterocycles. The van der Waals surface area contributed by atoms with Crippen LogP contribution in [0.1, 0.15) is 5.56 Å². The molecule has 0 fully saturated rings. The third-order valence-corrected chi connectivity index (χ3v) is 3.80. The van der Waals surface area contributed by atoms with E-state index in [2.05, 4.69) is 0 Å². The minimum absolute atomic E-state index is 0.0734. The molecule has 6 heteroatoms. The molecule has 5 nitrogen and oxygen atoms in total. The van der Waals surface area contributed by atoms with E-state index in [1.807, 2.05) is 6.07 Å². The predicted molar refractivity (Wildman–Crippen MR) is 56.6 cm³/mol. The van der Waals surface area contributed by atoms with Crippen LogP contribution in [0.4, 0.5) is 0 Å². The molecule has 0 aromatic heterocycles. The van der Waals surface area contributed by atoms with Gasteiger partial charge in [-0.1, -0.05) is 0 Å². The van der Waals surface area contributed by atoms with E-state index in [1.165, 1.54) is 31.3 Å². The Kier molecular flexibility index (Phi) is 3.62. The van der Waals surface area contributed by atoms with Gasteiger partial charge in [0.15, 0.2) is 0 Å². The molecule has 0 N–H and O–H groups in total. The summed E-state index contributed by atoms with van der Waals surface area (Å²) in [7, 11) is -2.29. The van der Waals surface area contributed by atoms with Gasteiger partial charge in [0.25, 0.3) is 0 Å². The van der Waals surface area contributed by atoms with Crippen LogP contribution in [0.15, 0.2) is 29.2 Å². The number of nitriles is 2. The summed E-state index contributed by atoms with van der Waals surface area (Å²) in [4.78, 5) is 0.0734. The zero-order valence-electron chi connectivity index (χ0n) is 8.58. The molecule has 1 aromatic rings. The van der Waals surface area contributed by atoms with Crippen LogP contribution >= 0.6 is 0 Å². The zero-order valence-corrected chi connectivity index (χ0v) is 9.40. The lowest BCUT2D eigenvalue weighted by Crippen LogP contribution is -2.27. The lowest BCUT2D eigenvalue weighted by Gasteiger charge is -2.13. The third kappa shape index (κ3) is 2.37. The molecular formula is C10H9N3O2S. The molecular weight excluding hydrogens is 226 g/mol. The molecule has 0 atom stereocenters. The van der Waals surface area contributed by atoms with Gasteiger partial charge in [0.05, 0.1) is 22.6 Å². The van der Waals surface area contributed by atoms with Crippen molar-refractivity contribution in [3.8, 4) is 12.1 Å². The first-order chi connectivity index (χ1) is 7.52. The lowest BCUT2D eigenvalue weighted by atomic mass is 10.2. The quantitative estimate of drug-likeness (QED) is 0.722. The smallest absolute Gasteiger partial charge is 0.207 e. The molecule has 0 saturated carbocycles. The Morgan fingerprint density at radius 2 is 1.81 bits per heavy atom. The van der Waals surface area contributed by atoms with Gasteiger partial charge in [0.1, 0.15) is 6.54 Å². The molecule has 0 heterocycles. The standard InChI is InChI=1S/C10H9N3O2S/c1-13(7-6-11)16(14,15)10-4-2-9(8-12)3-5-10/h2-5H,7H2,1H3. The maximum absolute atomic E-state index is 11.8. The first-order valence-electron chi connectivity index (χ1n) is 4.36. The summed E-state index contributed by atoms with van der Waals surface area (Å²) in [5, 5.41) is 17.0. The van der Waals surface area contributed by atoms with Crippen LogP contribution in [0, 0.1) is 22.7 Å². The Balaban J connectivity index is 3.10. The fraction of sp³-hybridized carbons (Fsp3) is 0.200. The molecule has 0 saturated heterocycles. The molecule has 0 aliphatic carbocycles. The predicted octanol–water partition coefficient (Wildman–Crippen LogP) is 0.702. The molecule has 0 bridgehead atoms. The summed E-state index contributed by atoms with van der Waals surface area (Å²) >= 11 is 0. The Bertz CT molecular complexity index is 549. The summed E-state index contributed by atoms with van der Waals surface area (Å²) in [6.45, 7) is -0.206. The van der Waals surface area contributed by atoms with E-state index < -0.39 is 10.0 Å². The summed E-state index contributed by atoms with van der Waals surface area (Å²) in [5.74, 6) is 0. The minimum Gasteiger partial charge on any atom is -0.207 e. The summed E-state index contributed by atoms with van der Waals surface area (Å²) < 4.78 is 24.6. The van der Waals surface area contributed by atoms with Gasteiger partial charge in [-0.25, -0.2) is 8.42 Å². The van der Waals surface area contributed by atoms with Crippen LogP contribution in [-0.4, -0.2) is 26.3 Å². The first-order valence-corrected chi connectivity index (χ1v) is 5.80. The molecule has 16 heavy (non-hydrogen) atoms. The molecule has 0 unspecified atom stereocenters. The minimum atomic E-state index is -3.62. The van der Waals surface area contributed by atoms with E-state index in [0.29, 0.717) is 5.56 Å².